The highest BCUT2D eigenvalue weighted by molar-refractivity contribution is 5.83. The van der Waals surface area contributed by atoms with Crippen molar-refractivity contribution >= 4 is 12.0 Å². The minimum atomic E-state index is -0.764. The molecule has 0 bridgehead atoms. The molecule has 0 unspecified atom stereocenters. The number of hydrogen-bond donors (Lipinski definition) is 0. The van der Waals surface area contributed by atoms with Crippen molar-refractivity contribution in [3.05, 3.63) is 0 Å². The molecule has 1 aliphatic rings. The smallest absolute Gasteiger partial charge is 0.423 e. The van der Waals surface area contributed by atoms with E-state index in [4.69, 9.17) is 5.26 Å². The summed E-state index contributed by atoms with van der Waals surface area (Å²) in [6, 6.07) is 0. The molecule has 1 rings (SSSR count). The first-order chi connectivity index (χ1) is 8.19. The summed E-state index contributed by atoms with van der Waals surface area (Å²) in [5, 5.41) is 8.77. The predicted molar refractivity (Wildman–Crippen MR) is 59.8 cm³/mol. The molecule has 0 aliphatic carbocycles. The highest BCUT2D eigenvalue weighted by atomic mass is 16.6. The van der Waals surface area contributed by atoms with Crippen LogP contribution >= 0.6 is 0 Å². The molecule has 0 spiro atoms. The van der Waals surface area contributed by atoms with Gasteiger partial charge in [0.1, 0.15) is 6.54 Å². The van der Waals surface area contributed by atoms with Gasteiger partial charge in [0.25, 0.3) is 0 Å². The van der Waals surface area contributed by atoms with E-state index < -0.39 is 6.09 Å². The van der Waals surface area contributed by atoms with E-state index in [-0.39, 0.29) is 19.1 Å². The predicted octanol–water partition coefficient (Wildman–Crippen LogP) is 0.938. The lowest BCUT2D eigenvalue weighted by Crippen LogP contribution is -2.43. The van der Waals surface area contributed by atoms with Gasteiger partial charge in [-0.3, -0.25) is 4.79 Å². The van der Waals surface area contributed by atoms with E-state index >= 15 is 0 Å². The number of carbonyl (C=O) groups is 2. The fourth-order valence-corrected chi connectivity index (χ4v) is 1.72. The van der Waals surface area contributed by atoms with E-state index in [0.717, 1.165) is 24.2 Å². The van der Waals surface area contributed by atoms with Crippen LogP contribution in [0.3, 0.4) is 0 Å². The minimum absolute atomic E-state index is 0.189. The molecule has 6 nitrogen and oxygen atoms in total. The summed E-state index contributed by atoms with van der Waals surface area (Å²) in [5.41, 5.74) is 0. The van der Waals surface area contributed by atoms with Crippen molar-refractivity contribution in [2.24, 2.45) is 0 Å². The van der Waals surface area contributed by atoms with Gasteiger partial charge < -0.3 is 9.64 Å². The molecule has 0 aromatic carbocycles. The summed E-state index contributed by atoms with van der Waals surface area (Å²) in [6.45, 7) is 3.03. The molecular formula is C11H17N3O3. The quantitative estimate of drug-likeness (QED) is 0.542. The fourth-order valence-electron chi connectivity index (χ4n) is 1.72. The molecular weight excluding hydrogens is 222 g/mol. The number of amides is 2. The van der Waals surface area contributed by atoms with Crippen molar-refractivity contribution in [1.29, 1.82) is 5.26 Å². The van der Waals surface area contributed by atoms with E-state index in [9.17, 15) is 9.59 Å². The Labute approximate surface area is 101 Å². The number of hydrogen-bond acceptors (Lipinski definition) is 4. The summed E-state index contributed by atoms with van der Waals surface area (Å²) in [6.07, 6.45) is 4.00. The summed E-state index contributed by atoms with van der Waals surface area (Å²) in [7, 11) is 0. The van der Waals surface area contributed by atoms with Gasteiger partial charge in [-0.05, 0) is 26.2 Å². The Kier molecular flexibility index (Phi) is 5.27. The van der Waals surface area contributed by atoms with Gasteiger partial charge in [0.2, 0.25) is 5.91 Å². The molecule has 1 fully saturated rings. The zero-order valence-corrected chi connectivity index (χ0v) is 10.0. The highest BCUT2D eigenvalue weighted by Gasteiger charge is 2.22. The monoisotopic (exact) mass is 239 g/mol. The third kappa shape index (κ3) is 3.94. The standard InChI is InChI=1S/C11H17N3O3/c1-2-17-11(16)14(9-12)8-10(15)13-6-4-3-5-7-13/h2-8H2,1H3. The number of piperidine rings is 1. The van der Waals surface area contributed by atoms with Crippen molar-refractivity contribution in [2.45, 2.75) is 26.2 Å². The number of nitrogens with zero attached hydrogens (tertiary/aromatic N) is 3. The van der Waals surface area contributed by atoms with E-state index in [2.05, 4.69) is 4.74 Å². The second kappa shape index (κ2) is 6.74. The second-order valence-electron chi connectivity index (χ2n) is 3.83. The van der Waals surface area contributed by atoms with Gasteiger partial charge in [-0.25, -0.2) is 9.69 Å². The summed E-state index contributed by atoms with van der Waals surface area (Å²) in [5.74, 6) is -0.195. The van der Waals surface area contributed by atoms with Gasteiger partial charge >= 0.3 is 6.09 Å². The molecule has 6 heteroatoms. The van der Waals surface area contributed by atoms with Crippen LogP contribution in [0.4, 0.5) is 4.79 Å². The number of carbonyl (C=O) groups excluding carboxylic acids is 2. The van der Waals surface area contributed by atoms with Gasteiger partial charge in [-0.15, -0.1) is 0 Å². The molecule has 0 aromatic heterocycles. The van der Waals surface area contributed by atoms with Crippen molar-refractivity contribution in [1.82, 2.24) is 9.80 Å². The van der Waals surface area contributed by atoms with E-state index in [1.165, 1.54) is 0 Å². The zero-order chi connectivity index (χ0) is 12.7. The Bertz CT molecular complexity index is 318. The minimum Gasteiger partial charge on any atom is -0.449 e. The molecule has 0 N–H and O–H groups in total. The first-order valence-corrected chi connectivity index (χ1v) is 5.80. The summed E-state index contributed by atoms with van der Waals surface area (Å²) < 4.78 is 4.68. The maximum Gasteiger partial charge on any atom is 0.423 e. The third-order valence-corrected chi connectivity index (χ3v) is 2.61. The van der Waals surface area contributed by atoms with Crippen LogP contribution in [0.5, 0.6) is 0 Å². The zero-order valence-electron chi connectivity index (χ0n) is 10.0. The summed E-state index contributed by atoms with van der Waals surface area (Å²) in [4.78, 5) is 25.5. The third-order valence-electron chi connectivity index (χ3n) is 2.61. The van der Waals surface area contributed by atoms with Crippen LogP contribution in [-0.4, -0.2) is 48.0 Å². The highest BCUT2D eigenvalue weighted by Crippen LogP contribution is 2.09. The number of ether oxygens (including phenoxy) is 1. The Morgan fingerprint density at radius 3 is 2.53 bits per heavy atom. The first-order valence-electron chi connectivity index (χ1n) is 5.80. The molecule has 0 atom stereocenters. The topological polar surface area (TPSA) is 73.6 Å². The van der Waals surface area contributed by atoms with E-state index in [1.807, 2.05) is 0 Å². The number of nitriles is 1. The van der Waals surface area contributed by atoms with Crippen LogP contribution in [0.25, 0.3) is 0 Å². The number of likely N-dealkylation sites (tertiary alicyclic amines) is 1. The number of rotatable bonds is 3. The van der Waals surface area contributed by atoms with Gasteiger partial charge in [0, 0.05) is 13.1 Å². The van der Waals surface area contributed by atoms with Crippen LogP contribution in [0.1, 0.15) is 26.2 Å². The van der Waals surface area contributed by atoms with Crippen LogP contribution < -0.4 is 0 Å². The van der Waals surface area contributed by atoms with Gasteiger partial charge in [0.05, 0.1) is 6.61 Å². The fraction of sp³-hybridized carbons (Fsp3) is 0.727. The lowest BCUT2D eigenvalue weighted by molar-refractivity contribution is -0.132. The van der Waals surface area contributed by atoms with Crippen LogP contribution in [-0.2, 0) is 9.53 Å². The summed E-state index contributed by atoms with van der Waals surface area (Å²) >= 11 is 0. The Morgan fingerprint density at radius 2 is 2.00 bits per heavy atom. The molecule has 1 aliphatic heterocycles. The van der Waals surface area contributed by atoms with Crippen LogP contribution in [0.2, 0.25) is 0 Å². The second-order valence-corrected chi connectivity index (χ2v) is 3.83. The first kappa shape index (κ1) is 13.3. The van der Waals surface area contributed by atoms with Crippen LogP contribution in [0.15, 0.2) is 0 Å². The molecule has 1 heterocycles. The molecule has 0 aromatic rings. The van der Waals surface area contributed by atoms with Gasteiger partial charge in [-0.1, -0.05) is 0 Å². The van der Waals surface area contributed by atoms with Crippen molar-refractivity contribution in [2.75, 3.05) is 26.2 Å². The van der Waals surface area contributed by atoms with Crippen molar-refractivity contribution in [3.63, 3.8) is 0 Å². The maximum atomic E-state index is 11.8. The molecule has 2 amide bonds. The molecule has 94 valence electrons. The van der Waals surface area contributed by atoms with Gasteiger partial charge in [-0.2, -0.15) is 5.26 Å². The largest absolute Gasteiger partial charge is 0.449 e. The Morgan fingerprint density at radius 1 is 1.35 bits per heavy atom. The average Bonchev–Trinajstić information content (AvgIpc) is 2.37. The lowest BCUT2D eigenvalue weighted by Gasteiger charge is -2.27. The molecule has 17 heavy (non-hydrogen) atoms. The molecule has 0 saturated carbocycles. The molecule has 1 saturated heterocycles. The molecule has 0 radical (unpaired) electrons. The normalized spacial score (nSPS) is 14.9. The maximum absolute atomic E-state index is 11.8. The van der Waals surface area contributed by atoms with Gasteiger partial charge in [0.15, 0.2) is 6.19 Å². The van der Waals surface area contributed by atoms with Crippen molar-refractivity contribution < 1.29 is 14.3 Å². The Balaban J connectivity index is 2.47. The average molecular weight is 239 g/mol. The van der Waals surface area contributed by atoms with Crippen LogP contribution in [0, 0.1) is 11.5 Å². The SMILES string of the molecule is CCOC(=O)N(C#N)CC(=O)N1CCCCC1. The lowest BCUT2D eigenvalue weighted by atomic mass is 10.1. The van der Waals surface area contributed by atoms with Crippen molar-refractivity contribution in [3.8, 4) is 6.19 Å². The Hall–Kier alpha value is -1.77. The van der Waals surface area contributed by atoms with E-state index in [1.54, 1.807) is 18.0 Å². The van der Waals surface area contributed by atoms with E-state index in [0.29, 0.717) is 13.1 Å².